The third kappa shape index (κ3) is 4.48. The Labute approximate surface area is 167 Å². The van der Waals surface area contributed by atoms with Crippen LogP contribution in [0.25, 0.3) is 0 Å². The van der Waals surface area contributed by atoms with Crippen LogP contribution in [0.15, 0.2) is 42.5 Å². The molecule has 2 unspecified atom stereocenters. The van der Waals surface area contributed by atoms with Crippen LogP contribution in [0.1, 0.15) is 23.6 Å². The standard InChI is InChI=1S/C21H22N2O6/c1-12(24)23-11-15-10-19(26)18(25)9-14(15)8-17(23)20(27)22-16(21(28)29)7-13-5-3-2-4-6-13/h2-6,9-10,16-17,25-26H,7-8,11H2,1H3,(H,22,27)(H,28,29). The number of rotatable bonds is 5. The first-order valence-electron chi connectivity index (χ1n) is 9.14. The van der Waals surface area contributed by atoms with Crippen LogP contribution >= 0.6 is 0 Å². The Morgan fingerprint density at radius 1 is 1.10 bits per heavy atom. The third-order valence-electron chi connectivity index (χ3n) is 5.03. The number of aliphatic carboxylic acids is 1. The Morgan fingerprint density at radius 3 is 2.31 bits per heavy atom. The SMILES string of the molecule is CC(=O)N1Cc2cc(O)c(O)cc2CC1C(=O)NC(Cc1ccccc1)C(=O)O. The molecule has 2 aromatic carbocycles. The second kappa shape index (κ2) is 8.22. The summed E-state index contributed by atoms with van der Waals surface area (Å²) < 4.78 is 0. The molecule has 1 aliphatic heterocycles. The largest absolute Gasteiger partial charge is 0.504 e. The Kier molecular flexibility index (Phi) is 5.72. The Balaban J connectivity index is 1.82. The molecule has 0 bridgehead atoms. The molecule has 0 saturated heterocycles. The van der Waals surface area contributed by atoms with Crippen LogP contribution in [-0.4, -0.2) is 50.1 Å². The average Bonchev–Trinajstić information content (AvgIpc) is 2.68. The van der Waals surface area contributed by atoms with Gasteiger partial charge in [0, 0.05) is 26.3 Å². The number of carbonyl (C=O) groups is 3. The maximum atomic E-state index is 12.9. The number of fused-ring (bicyclic) bond motifs is 1. The summed E-state index contributed by atoms with van der Waals surface area (Å²) in [5, 5.41) is 31.5. The van der Waals surface area contributed by atoms with Crippen molar-refractivity contribution < 1.29 is 29.7 Å². The van der Waals surface area contributed by atoms with Crippen molar-refractivity contribution in [3.05, 3.63) is 59.2 Å². The fourth-order valence-corrected chi connectivity index (χ4v) is 3.50. The molecule has 0 saturated carbocycles. The molecule has 0 fully saturated rings. The van der Waals surface area contributed by atoms with E-state index in [0.29, 0.717) is 11.1 Å². The molecule has 29 heavy (non-hydrogen) atoms. The number of nitrogens with zero attached hydrogens (tertiary/aromatic N) is 1. The first-order chi connectivity index (χ1) is 13.8. The van der Waals surface area contributed by atoms with Gasteiger partial charge in [0.15, 0.2) is 11.5 Å². The monoisotopic (exact) mass is 398 g/mol. The maximum absolute atomic E-state index is 12.9. The highest BCUT2D eigenvalue weighted by atomic mass is 16.4. The number of nitrogens with one attached hydrogen (secondary N) is 1. The number of phenolic OH excluding ortho intramolecular Hbond substituents is 2. The number of carbonyl (C=O) groups excluding carboxylic acids is 2. The number of carboxylic acids is 1. The molecule has 152 valence electrons. The minimum absolute atomic E-state index is 0.0764. The van der Waals surface area contributed by atoms with Gasteiger partial charge in [-0.25, -0.2) is 4.79 Å². The average molecular weight is 398 g/mol. The van der Waals surface area contributed by atoms with Gasteiger partial charge in [0.25, 0.3) is 0 Å². The summed E-state index contributed by atoms with van der Waals surface area (Å²) in [4.78, 5) is 38.0. The van der Waals surface area contributed by atoms with Crippen LogP contribution in [-0.2, 0) is 33.8 Å². The minimum Gasteiger partial charge on any atom is -0.504 e. The van der Waals surface area contributed by atoms with Crippen LogP contribution in [0.3, 0.4) is 0 Å². The molecule has 8 nitrogen and oxygen atoms in total. The topological polar surface area (TPSA) is 127 Å². The van der Waals surface area contributed by atoms with Gasteiger partial charge < -0.3 is 25.5 Å². The normalized spacial score (nSPS) is 16.6. The first kappa shape index (κ1) is 20.2. The van der Waals surface area contributed by atoms with E-state index in [4.69, 9.17) is 0 Å². The van der Waals surface area contributed by atoms with Crippen molar-refractivity contribution in [3.63, 3.8) is 0 Å². The molecule has 0 radical (unpaired) electrons. The number of aromatic hydroxyl groups is 2. The molecule has 2 amide bonds. The summed E-state index contributed by atoms with van der Waals surface area (Å²) in [5.41, 5.74) is 2.00. The van der Waals surface area contributed by atoms with Gasteiger partial charge in [-0.15, -0.1) is 0 Å². The molecular formula is C21H22N2O6. The van der Waals surface area contributed by atoms with E-state index in [1.54, 1.807) is 24.3 Å². The van der Waals surface area contributed by atoms with Crippen molar-refractivity contribution in [2.75, 3.05) is 0 Å². The highest BCUT2D eigenvalue weighted by Gasteiger charge is 2.35. The highest BCUT2D eigenvalue weighted by molar-refractivity contribution is 5.90. The number of hydrogen-bond donors (Lipinski definition) is 4. The van der Waals surface area contributed by atoms with Crippen LogP contribution < -0.4 is 5.32 Å². The molecule has 0 aromatic heterocycles. The van der Waals surface area contributed by atoms with Crippen molar-refractivity contribution in [1.82, 2.24) is 10.2 Å². The van der Waals surface area contributed by atoms with Crippen LogP contribution in [0.4, 0.5) is 0 Å². The summed E-state index contributed by atoms with van der Waals surface area (Å²) in [7, 11) is 0. The van der Waals surface area contributed by atoms with E-state index >= 15 is 0 Å². The van der Waals surface area contributed by atoms with Gasteiger partial charge in [0.1, 0.15) is 12.1 Å². The van der Waals surface area contributed by atoms with Gasteiger partial charge in [-0.2, -0.15) is 0 Å². The van der Waals surface area contributed by atoms with Gasteiger partial charge >= 0.3 is 5.97 Å². The first-order valence-corrected chi connectivity index (χ1v) is 9.14. The highest BCUT2D eigenvalue weighted by Crippen LogP contribution is 2.33. The number of hydrogen-bond acceptors (Lipinski definition) is 5. The van der Waals surface area contributed by atoms with Crippen molar-refractivity contribution >= 4 is 17.8 Å². The lowest BCUT2D eigenvalue weighted by molar-refractivity contribution is -0.144. The zero-order valence-electron chi connectivity index (χ0n) is 15.8. The van der Waals surface area contributed by atoms with E-state index in [-0.39, 0.29) is 36.8 Å². The number of amides is 2. The molecule has 0 aliphatic carbocycles. The van der Waals surface area contributed by atoms with Gasteiger partial charge in [-0.3, -0.25) is 9.59 Å². The number of carboxylic acid groups (broad SMARTS) is 1. The smallest absolute Gasteiger partial charge is 0.326 e. The zero-order chi connectivity index (χ0) is 21.1. The molecule has 8 heteroatoms. The summed E-state index contributed by atoms with van der Waals surface area (Å²) in [6.07, 6.45) is 0.214. The van der Waals surface area contributed by atoms with Gasteiger partial charge in [-0.05, 0) is 28.8 Å². The third-order valence-corrected chi connectivity index (χ3v) is 5.03. The number of phenols is 2. The van der Waals surface area contributed by atoms with E-state index in [1.807, 2.05) is 6.07 Å². The zero-order valence-corrected chi connectivity index (χ0v) is 15.8. The molecule has 2 atom stereocenters. The van der Waals surface area contributed by atoms with E-state index in [9.17, 15) is 29.7 Å². The van der Waals surface area contributed by atoms with E-state index in [0.717, 1.165) is 5.56 Å². The second-order valence-corrected chi connectivity index (χ2v) is 7.07. The van der Waals surface area contributed by atoms with Crippen molar-refractivity contribution in [2.24, 2.45) is 0 Å². The molecule has 1 heterocycles. The summed E-state index contributed by atoms with van der Waals surface area (Å²) >= 11 is 0. The van der Waals surface area contributed by atoms with Gasteiger partial charge in [-0.1, -0.05) is 30.3 Å². The molecule has 4 N–H and O–H groups in total. The maximum Gasteiger partial charge on any atom is 0.326 e. The van der Waals surface area contributed by atoms with Gasteiger partial charge in [0.05, 0.1) is 0 Å². The lowest BCUT2D eigenvalue weighted by atomic mass is 9.92. The Hall–Kier alpha value is -3.55. The van der Waals surface area contributed by atoms with E-state index in [2.05, 4.69) is 5.32 Å². The fraction of sp³-hybridized carbons (Fsp3) is 0.286. The summed E-state index contributed by atoms with van der Waals surface area (Å²) in [5.74, 6) is -2.72. The van der Waals surface area contributed by atoms with E-state index in [1.165, 1.54) is 24.0 Å². The van der Waals surface area contributed by atoms with Crippen LogP contribution in [0.5, 0.6) is 11.5 Å². The molecule has 2 aromatic rings. The second-order valence-electron chi connectivity index (χ2n) is 7.07. The summed E-state index contributed by atoms with van der Waals surface area (Å²) in [6.45, 7) is 1.40. The predicted molar refractivity (Wildman–Crippen MR) is 103 cm³/mol. The Morgan fingerprint density at radius 2 is 1.72 bits per heavy atom. The van der Waals surface area contributed by atoms with E-state index < -0.39 is 24.0 Å². The summed E-state index contributed by atoms with van der Waals surface area (Å²) in [6, 6.07) is 9.60. The number of benzene rings is 2. The van der Waals surface area contributed by atoms with Crippen molar-refractivity contribution in [2.45, 2.75) is 38.4 Å². The van der Waals surface area contributed by atoms with Gasteiger partial charge in [0.2, 0.25) is 11.8 Å². The molecule has 1 aliphatic rings. The Bertz CT molecular complexity index is 944. The molecular weight excluding hydrogens is 376 g/mol. The lowest BCUT2D eigenvalue weighted by Gasteiger charge is -2.36. The quantitative estimate of drug-likeness (QED) is 0.560. The van der Waals surface area contributed by atoms with Crippen molar-refractivity contribution in [1.29, 1.82) is 0 Å². The minimum atomic E-state index is -1.17. The van der Waals surface area contributed by atoms with Crippen LogP contribution in [0, 0.1) is 0 Å². The molecule has 3 rings (SSSR count). The fourth-order valence-electron chi connectivity index (χ4n) is 3.50. The lowest BCUT2D eigenvalue weighted by Crippen LogP contribution is -2.55. The molecule has 0 spiro atoms. The predicted octanol–water partition coefficient (Wildman–Crippen LogP) is 1.18. The van der Waals surface area contributed by atoms with Crippen molar-refractivity contribution in [3.8, 4) is 11.5 Å². The van der Waals surface area contributed by atoms with Crippen LogP contribution in [0.2, 0.25) is 0 Å².